The smallest absolute Gasteiger partial charge is 0.234 e. The fraction of sp³-hybridized carbons (Fsp3) is 0.381. The minimum atomic E-state index is -0.212. The highest BCUT2D eigenvalue weighted by molar-refractivity contribution is 5.78. The number of hydrogen-bond acceptors (Lipinski definition) is 6. The normalized spacial score (nSPS) is 13.3. The van der Waals surface area contributed by atoms with Gasteiger partial charge in [-0.15, -0.1) is 0 Å². The van der Waals surface area contributed by atoms with Crippen LogP contribution in [0.1, 0.15) is 24.1 Å². The molecule has 2 aromatic rings. The lowest BCUT2D eigenvalue weighted by atomic mass is 10.1. The first-order valence-corrected chi connectivity index (χ1v) is 9.08. The topological polar surface area (TPSA) is 69.3 Å². The van der Waals surface area contributed by atoms with Crippen LogP contribution >= 0.6 is 0 Å². The monoisotopic (exact) mass is 386 g/mol. The summed E-state index contributed by atoms with van der Waals surface area (Å²) in [6.07, 6.45) is 0. The quantitative estimate of drug-likeness (QED) is 0.752. The first-order valence-electron chi connectivity index (χ1n) is 9.08. The lowest BCUT2D eigenvalue weighted by Crippen LogP contribution is -2.36. The highest BCUT2D eigenvalue weighted by Gasteiger charge is 2.17. The van der Waals surface area contributed by atoms with E-state index >= 15 is 0 Å². The second-order valence-corrected chi connectivity index (χ2v) is 6.76. The molecule has 3 rings (SSSR count). The molecule has 0 spiro atoms. The molecule has 0 saturated carbocycles. The van der Waals surface area contributed by atoms with Crippen LogP contribution in [0.5, 0.6) is 23.0 Å². The highest BCUT2D eigenvalue weighted by Crippen LogP contribution is 2.33. The van der Waals surface area contributed by atoms with E-state index in [-0.39, 0.29) is 25.3 Å². The summed E-state index contributed by atoms with van der Waals surface area (Å²) in [5.74, 6) is 2.86. The maximum Gasteiger partial charge on any atom is 0.234 e. The number of amides is 1. The van der Waals surface area contributed by atoms with Gasteiger partial charge in [0.2, 0.25) is 12.7 Å². The maximum absolute atomic E-state index is 12.5. The van der Waals surface area contributed by atoms with Crippen LogP contribution in [0.15, 0.2) is 36.4 Å². The average molecular weight is 386 g/mol. The average Bonchev–Trinajstić information content (AvgIpc) is 3.14. The van der Waals surface area contributed by atoms with Gasteiger partial charge in [-0.2, -0.15) is 0 Å². The Morgan fingerprint density at radius 2 is 1.93 bits per heavy atom. The molecule has 0 aromatic heterocycles. The van der Waals surface area contributed by atoms with E-state index in [4.69, 9.17) is 18.9 Å². The fourth-order valence-electron chi connectivity index (χ4n) is 3.19. The van der Waals surface area contributed by atoms with Gasteiger partial charge in [0.1, 0.15) is 11.5 Å². The molecule has 0 saturated heterocycles. The molecule has 0 bridgehead atoms. The number of carbonyl (C=O) groups excluding carboxylic acids is 1. The Kier molecular flexibility index (Phi) is 6.26. The summed E-state index contributed by atoms with van der Waals surface area (Å²) >= 11 is 0. The molecule has 7 heteroatoms. The van der Waals surface area contributed by atoms with Crippen molar-refractivity contribution in [2.75, 3.05) is 34.6 Å². The highest BCUT2D eigenvalue weighted by atomic mass is 16.7. The Balaban J connectivity index is 1.57. The van der Waals surface area contributed by atoms with Gasteiger partial charge in [0.15, 0.2) is 11.5 Å². The summed E-state index contributed by atoms with van der Waals surface area (Å²) in [6.45, 7) is 3.07. The van der Waals surface area contributed by atoms with Crippen molar-refractivity contribution in [3.05, 3.63) is 47.5 Å². The van der Waals surface area contributed by atoms with Crippen molar-refractivity contribution in [1.29, 1.82) is 0 Å². The SMILES string of the molecule is COc1ccc(OC)c([C@@H](C)NC(=O)CN(C)Cc2ccc3c(c2)OCO3)c1. The zero-order chi connectivity index (χ0) is 20.1. The van der Waals surface area contributed by atoms with Crippen LogP contribution in [0.4, 0.5) is 0 Å². The van der Waals surface area contributed by atoms with Crippen LogP contribution < -0.4 is 24.3 Å². The second kappa shape index (κ2) is 8.84. The standard InChI is InChI=1S/C21H26N2O5/c1-14(17-10-16(25-3)6-8-18(17)26-4)22-21(24)12-23(2)11-15-5-7-19-20(9-15)28-13-27-19/h5-10,14H,11-13H2,1-4H3,(H,22,24)/t14-/m1/s1. The van der Waals surface area contributed by atoms with Crippen molar-refractivity contribution >= 4 is 5.91 Å². The first kappa shape index (κ1) is 19.8. The lowest BCUT2D eigenvalue weighted by molar-refractivity contribution is -0.122. The lowest BCUT2D eigenvalue weighted by Gasteiger charge is -2.21. The van der Waals surface area contributed by atoms with E-state index in [2.05, 4.69) is 5.32 Å². The molecule has 1 heterocycles. The molecule has 7 nitrogen and oxygen atoms in total. The molecule has 0 fully saturated rings. The van der Waals surface area contributed by atoms with Crippen molar-refractivity contribution in [2.24, 2.45) is 0 Å². The summed E-state index contributed by atoms with van der Waals surface area (Å²) in [5.41, 5.74) is 1.93. The molecule has 0 aliphatic carbocycles. The summed E-state index contributed by atoms with van der Waals surface area (Å²) in [7, 11) is 5.12. The molecule has 0 unspecified atom stereocenters. The van der Waals surface area contributed by atoms with E-state index in [0.29, 0.717) is 12.3 Å². The van der Waals surface area contributed by atoms with Gasteiger partial charge in [0.05, 0.1) is 26.8 Å². The van der Waals surface area contributed by atoms with E-state index in [9.17, 15) is 4.79 Å². The molecular formula is C21H26N2O5. The number of fused-ring (bicyclic) bond motifs is 1. The van der Waals surface area contributed by atoms with E-state index < -0.39 is 0 Å². The van der Waals surface area contributed by atoms with Crippen molar-refractivity contribution in [3.8, 4) is 23.0 Å². The molecule has 1 atom stereocenters. The van der Waals surface area contributed by atoms with Gasteiger partial charge in [-0.1, -0.05) is 6.07 Å². The number of likely N-dealkylation sites (N-methyl/N-ethyl adjacent to an activating group) is 1. The van der Waals surface area contributed by atoms with Crippen LogP contribution in [-0.4, -0.2) is 45.4 Å². The molecule has 150 valence electrons. The summed E-state index contributed by atoms with van der Waals surface area (Å²) in [6, 6.07) is 11.1. The third-order valence-electron chi connectivity index (χ3n) is 4.58. The molecule has 2 aromatic carbocycles. The fourth-order valence-corrected chi connectivity index (χ4v) is 3.19. The van der Waals surface area contributed by atoms with Crippen molar-refractivity contribution < 1.29 is 23.7 Å². The van der Waals surface area contributed by atoms with Gasteiger partial charge in [0, 0.05) is 12.1 Å². The summed E-state index contributed by atoms with van der Waals surface area (Å²) in [4.78, 5) is 14.4. The van der Waals surface area contributed by atoms with E-state index in [0.717, 1.165) is 28.4 Å². The predicted molar refractivity (Wildman–Crippen MR) is 105 cm³/mol. The van der Waals surface area contributed by atoms with Crippen LogP contribution in [0.25, 0.3) is 0 Å². The number of benzene rings is 2. The molecule has 0 radical (unpaired) electrons. The Morgan fingerprint density at radius 1 is 1.14 bits per heavy atom. The Hall–Kier alpha value is -2.93. The number of hydrogen-bond donors (Lipinski definition) is 1. The summed E-state index contributed by atoms with van der Waals surface area (Å²) in [5, 5.41) is 3.02. The predicted octanol–water partition coefficient (Wildman–Crippen LogP) is 2.74. The van der Waals surface area contributed by atoms with E-state index in [1.165, 1.54) is 0 Å². The third kappa shape index (κ3) is 4.67. The molecule has 1 amide bonds. The van der Waals surface area contributed by atoms with Crippen LogP contribution in [-0.2, 0) is 11.3 Å². The van der Waals surface area contributed by atoms with E-state index in [1.54, 1.807) is 14.2 Å². The van der Waals surface area contributed by atoms with Crippen LogP contribution in [0.3, 0.4) is 0 Å². The van der Waals surface area contributed by atoms with Crippen molar-refractivity contribution in [1.82, 2.24) is 10.2 Å². The van der Waals surface area contributed by atoms with Gasteiger partial charge < -0.3 is 24.3 Å². The van der Waals surface area contributed by atoms with Gasteiger partial charge in [-0.05, 0) is 49.9 Å². The zero-order valence-electron chi connectivity index (χ0n) is 16.7. The van der Waals surface area contributed by atoms with Gasteiger partial charge in [0.25, 0.3) is 0 Å². The zero-order valence-corrected chi connectivity index (χ0v) is 16.7. The number of methoxy groups -OCH3 is 2. The van der Waals surface area contributed by atoms with Crippen molar-refractivity contribution in [3.63, 3.8) is 0 Å². The Labute approximate surface area is 165 Å². The number of rotatable bonds is 8. The number of carbonyl (C=O) groups is 1. The van der Waals surface area contributed by atoms with Gasteiger partial charge in [-0.3, -0.25) is 9.69 Å². The number of nitrogens with one attached hydrogen (secondary N) is 1. The molecule has 1 N–H and O–H groups in total. The molecular weight excluding hydrogens is 360 g/mol. The third-order valence-corrected chi connectivity index (χ3v) is 4.58. The first-order chi connectivity index (χ1) is 13.5. The molecule has 1 aliphatic heterocycles. The Bertz CT molecular complexity index is 840. The summed E-state index contributed by atoms with van der Waals surface area (Å²) < 4.78 is 21.4. The minimum Gasteiger partial charge on any atom is -0.497 e. The van der Waals surface area contributed by atoms with Crippen LogP contribution in [0, 0.1) is 0 Å². The largest absolute Gasteiger partial charge is 0.497 e. The van der Waals surface area contributed by atoms with Gasteiger partial charge in [-0.25, -0.2) is 0 Å². The van der Waals surface area contributed by atoms with E-state index in [1.807, 2.05) is 55.3 Å². The second-order valence-electron chi connectivity index (χ2n) is 6.76. The molecule has 28 heavy (non-hydrogen) atoms. The maximum atomic E-state index is 12.5. The Morgan fingerprint density at radius 3 is 2.68 bits per heavy atom. The van der Waals surface area contributed by atoms with Crippen molar-refractivity contribution in [2.45, 2.75) is 19.5 Å². The number of ether oxygens (including phenoxy) is 4. The van der Waals surface area contributed by atoms with Crippen LogP contribution in [0.2, 0.25) is 0 Å². The number of nitrogens with zero attached hydrogens (tertiary/aromatic N) is 1. The minimum absolute atomic E-state index is 0.0689. The van der Waals surface area contributed by atoms with Gasteiger partial charge >= 0.3 is 0 Å². The molecule has 1 aliphatic rings.